The van der Waals surface area contributed by atoms with Crippen LogP contribution in [0.2, 0.25) is 0 Å². The van der Waals surface area contributed by atoms with Crippen LogP contribution in [0.5, 0.6) is 0 Å². The van der Waals surface area contributed by atoms with Gasteiger partial charge in [-0.25, -0.2) is 14.8 Å². The smallest absolute Gasteiger partial charge is 0.358 e. The lowest BCUT2D eigenvalue weighted by atomic mass is 10.4. The molecule has 2 aromatic rings. The lowest BCUT2D eigenvalue weighted by molar-refractivity contribution is 0.0519. The Morgan fingerprint density at radius 1 is 1.58 bits per heavy atom. The molecule has 0 saturated heterocycles. The number of thiazole rings is 1. The molecule has 1 N–H and O–H groups in total. The number of aromatic nitrogens is 4. The van der Waals surface area contributed by atoms with E-state index in [-0.39, 0.29) is 5.97 Å². The van der Waals surface area contributed by atoms with Crippen LogP contribution in [0.1, 0.15) is 28.1 Å². The molecule has 0 aliphatic rings. The molecular formula is C11H15N5O2S. The van der Waals surface area contributed by atoms with Crippen molar-refractivity contribution in [1.82, 2.24) is 20.2 Å². The van der Waals surface area contributed by atoms with E-state index in [9.17, 15) is 4.79 Å². The SMILES string of the molecule is CCOC(=O)c1nc(N(C)Cc2ncn[nH]2)sc1C. The van der Waals surface area contributed by atoms with Gasteiger partial charge in [0.15, 0.2) is 10.8 Å². The summed E-state index contributed by atoms with van der Waals surface area (Å²) >= 11 is 1.45. The van der Waals surface area contributed by atoms with Gasteiger partial charge in [0.1, 0.15) is 12.2 Å². The molecule has 19 heavy (non-hydrogen) atoms. The number of hydrogen-bond acceptors (Lipinski definition) is 7. The molecule has 0 atom stereocenters. The van der Waals surface area contributed by atoms with E-state index in [1.165, 1.54) is 17.7 Å². The first-order chi connectivity index (χ1) is 9.11. The summed E-state index contributed by atoms with van der Waals surface area (Å²) in [6.45, 7) is 4.53. The molecule has 0 saturated carbocycles. The fraction of sp³-hybridized carbons (Fsp3) is 0.455. The van der Waals surface area contributed by atoms with E-state index in [0.29, 0.717) is 18.8 Å². The molecule has 0 bridgehead atoms. The highest BCUT2D eigenvalue weighted by Gasteiger charge is 2.18. The molecule has 8 heteroatoms. The highest BCUT2D eigenvalue weighted by Crippen LogP contribution is 2.26. The second-order valence-corrected chi connectivity index (χ2v) is 5.09. The van der Waals surface area contributed by atoms with Crippen LogP contribution in [0.25, 0.3) is 0 Å². The quantitative estimate of drug-likeness (QED) is 0.834. The second-order valence-electron chi connectivity index (χ2n) is 3.91. The predicted octanol–water partition coefficient (Wildman–Crippen LogP) is 1.38. The van der Waals surface area contributed by atoms with Gasteiger partial charge < -0.3 is 9.64 Å². The molecule has 0 radical (unpaired) electrons. The van der Waals surface area contributed by atoms with E-state index >= 15 is 0 Å². The van der Waals surface area contributed by atoms with E-state index in [2.05, 4.69) is 20.2 Å². The first kappa shape index (κ1) is 13.5. The predicted molar refractivity (Wildman–Crippen MR) is 71.3 cm³/mol. The first-order valence-corrected chi connectivity index (χ1v) is 6.63. The number of carbonyl (C=O) groups is 1. The Labute approximate surface area is 114 Å². The number of nitrogens with one attached hydrogen (secondary N) is 1. The highest BCUT2D eigenvalue weighted by molar-refractivity contribution is 7.15. The Morgan fingerprint density at radius 3 is 3.00 bits per heavy atom. The second kappa shape index (κ2) is 5.79. The molecule has 2 heterocycles. The number of aromatic amines is 1. The van der Waals surface area contributed by atoms with E-state index in [1.807, 2.05) is 18.9 Å². The number of aryl methyl sites for hydroxylation is 1. The van der Waals surface area contributed by atoms with Crippen molar-refractivity contribution in [3.05, 3.63) is 22.7 Å². The number of H-pyrrole nitrogens is 1. The van der Waals surface area contributed by atoms with Crippen molar-refractivity contribution in [2.45, 2.75) is 20.4 Å². The van der Waals surface area contributed by atoms with Gasteiger partial charge in [0.2, 0.25) is 0 Å². The molecule has 7 nitrogen and oxygen atoms in total. The summed E-state index contributed by atoms with van der Waals surface area (Å²) in [5, 5.41) is 7.32. The van der Waals surface area contributed by atoms with Gasteiger partial charge >= 0.3 is 5.97 Å². The van der Waals surface area contributed by atoms with Crippen LogP contribution >= 0.6 is 11.3 Å². The number of anilines is 1. The standard InChI is InChI=1S/C11H15N5O2S/c1-4-18-10(17)9-7(2)19-11(14-9)16(3)5-8-12-6-13-15-8/h6H,4-5H2,1-3H3,(H,12,13,15). The van der Waals surface area contributed by atoms with Crippen LogP contribution in [-0.2, 0) is 11.3 Å². The monoisotopic (exact) mass is 281 g/mol. The molecule has 2 aromatic heterocycles. The Kier molecular flexibility index (Phi) is 4.10. The van der Waals surface area contributed by atoms with Crippen LogP contribution in [-0.4, -0.2) is 39.8 Å². The van der Waals surface area contributed by atoms with E-state index in [0.717, 1.165) is 15.8 Å². The van der Waals surface area contributed by atoms with E-state index < -0.39 is 0 Å². The number of hydrogen-bond donors (Lipinski definition) is 1. The summed E-state index contributed by atoms with van der Waals surface area (Å²) in [7, 11) is 1.88. The van der Waals surface area contributed by atoms with Crippen molar-refractivity contribution in [2.24, 2.45) is 0 Å². The molecule has 0 aliphatic heterocycles. The van der Waals surface area contributed by atoms with E-state index in [4.69, 9.17) is 4.74 Å². The minimum atomic E-state index is -0.379. The van der Waals surface area contributed by atoms with Crippen LogP contribution < -0.4 is 4.90 Å². The summed E-state index contributed by atoms with van der Waals surface area (Å²) in [6, 6.07) is 0. The van der Waals surface area contributed by atoms with Crippen LogP contribution in [0.4, 0.5) is 5.13 Å². The van der Waals surface area contributed by atoms with E-state index in [1.54, 1.807) is 6.92 Å². The number of nitrogens with zero attached hydrogens (tertiary/aromatic N) is 4. The Hall–Kier alpha value is -1.96. The summed E-state index contributed by atoms with van der Waals surface area (Å²) in [5.74, 6) is 0.364. The van der Waals surface area contributed by atoms with Crippen molar-refractivity contribution in [1.29, 1.82) is 0 Å². The molecule has 0 fully saturated rings. The minimum absolute atomic E-state index is 0.346. The fourth-order valence-corrected chi connectivity index (χ4v) is 2.39. The van der Waals surface area contributed by atoms with Gasteiger partial charge in [-0.2, -0.15) is 5.10 Å². The molecule has 0 spiro atoms. The van der Waals surface area contributed by atoms with Gasteiger partial charge in [-0.3, -0.25) is 5.10 Å². The first-order valence-electron chi connectivity index (χ1n) is 5.81. The van der Waals surface area contributed by atoms with Crippen molar-refractivity contribution in [3.8, 4) is 0 Å². The topological polar surface area (TPSA) is 84.0 Å². The third-order valence-electron chi connectivity index (χ3n) is 2.43. The lowest BCUT2D eigenvalue weighted by Gasteiger charge is -2.12. The molecule has 0 unspecified atom stereocenters. The minimum Gasteiger partial charge on any atom is -0.461 e. The summed E-state index contributed by atoms with van der Waals surface area (Å²) < 4.78 is 4.97. The number of esters is 1. The van der Waals surface area contributed by atoms with Crippen molar-refractivity contribution in [2.75, 3.05) is 18.6 Å². The molecule has 2 rings (SSSR count). The maximum Gasteiger partial charge on any atom is 0.358 e. The van der Waals surface area contributed by atoms with Gasteiger partial charge in [-0.1, -0.05) is 0 Å². The third-order valence-corrected chi connectivity index (χ3v) is 3.52. The number of carbonyl (C=O) groups excluding carboxylic acids is 1. The molecule has 0 amide bonds. The number of ether oxygens (including phenoxy) is 1. The maximum atomic E-state index is 11.7. The molecule has 0 aromatic carbocycles. The third kappa shape index (κ3) is 3.08. The van der Waals surface area contributed by atoms with Crippen molar-refractivity contribution < 1.29 is 9.53 Å². The summed E-state index contributed by atoms with van der Waals surface area (Å²) in [4.78, 5) is 22.8. The van der Waals surface area contributed by atoms with Crippen LogP contribution in [0.3, 0.4) is 0 Å². The van der Waals surface area contributed by atoms with Gasteiger partial charge in [0, 0.05) is 11.9 Å². The summed E-state index contributed by atoms with van der Waals surface area (Å²) in [6.07, 6.45) is 1.46. The lowest BCUT2D eigenvalue weighted by Crippen LogP contribution is -2.17. The molecule has 102 valence electrons. The van der Waals surface area contributed by atoms with Gasteiger partial charge in [-0.05, 0) is 13.8 Å². The average molecular weight is 281 g/mol. The Morgan fingerprint density at radius 2 is 2.37 bits per heavy atom. The fourth-order valence-electron chi connectivity index (χ4n) is 1.53. The Bertz CT molecular complexity index is 551. The zero-order chi connectivity index (χ0) is 13.8. The van der Waals surface area contributed by atoms with Crippen molar-refractivity contribution >= 4 is 22.4 Å². The highest BCUT2D eigenvalue weighted by atomic mass is 32.1. The average Bonchev–Trinajstić information content (AvgIpc) is 2.98. The zero-order valence-electron chi connectivity index (χ0n) is 11.0. The molecule has 0 aliphatic carbocycles. The van der Waals surface area contributed by atoms with Gasteiger partial charge in [0.05, 0.1) is 13.2 Å². The molecular weight excluding hydrogens is 266 g/mol. The van der Waals surface area contributed by atoms with Crippen LogP contribution in [0, 0.1) is 6.92 Å². The van der Waals surface area contributed by atoms with Gasteiger partial charge in [-0.15, -0.1) is 11.3 Å². The Balaban J connectivity index is 2.12. The maximum absolute atomic E-state index is 11.7. The van der Waals surface area contributed by atoms with Crippen LogP contribution in [0.15, 0.2) is 6.33 Å². The normalized spacial score (nSPS) is 10.5. The zero-order valence-corrected chi connectivity index (χ0v) is 11.8. The summed E-state index contributed by atoms with van der Waals surface area (Å²) in [5.41, 5.74) is 0.381. The van der Waals surface area contributed by atoms with Gasteiger partial charge in [0.25, 0.3) is 0 Å². The van der Waals surface area contributed by atoms with Crippen molar-refractivity contribution in [3.63, 3.8) is 0 Å². The largest absolute Gasteiger partial charge is 0.461 e. The number of rotatable bonds is 5.